The number of rotatable bonds is 7. The quantitative estimate of drug-likeness (QED) is 0.412. The molecule has 0 radical (unpaired) electrons. The molecule has 1 atom stereocenters. The molecule has 0 saturated carbocycles. The fourth-order valence-corrected chi connectivity index (χ4v) is 4.61. The van der Waals surface area contributed by atoms with E-state index in [9.17, 15) is 4.79 Å². The number of nitrogens with zero attached hydrogens (tertiary/aromatic N) is 3. The summed E-state index contributed by atoms with van der Waals surface area (Å²) >= 11 is 9.04. The van der Waals surface area contributed by atoms with Gasteiger partial charge in [-0.05, 0) is 35.2 Å². The summed E-state index contributed by atoms with van der Waals surface area (Å²) in [6.07, 6.45) is 1.62. The van der Waals surface area contributed by atoms with Crippen LogP contribution in [0.4, 0.5) is 0 Å². The molecule has 2 heterocycles. The van der Waals surface area contributed by atoms with Gasteiger partial charge in [-0.15, -0.1) is 21.5 Å². The maximum Gasteiger partial charge on any atom is 0.231 e. The van der Waals surface area contributed by atoms with Gasteiger partial charge >= 0.3 is 0 Å². The maximum absolute atomic E-state index is 12.7. The normalized spacial score (nSPS) is 11.9. The Morgan fingerprint density at radius 3 is 2.76 bits per heavy atom. The second-order valence-electron chi connectivity index (χ2n) is 6.18. The van der Waals surface area contributed by atoms with Gasteiger partial charge in [0.05, 0.1) is 17.5 Å². The molecule has 29 heavy (non-hydrogen) atoms. The predicted molar refractivity (Wildman–Crippen MR) is 118 cm³/mol. The van der Waals surface area contributed by atoms with Gasteiger partial charge in [0.15, 0.2) is 5.16 Å². The van der Waals surface area contributed by atoms with Crippen LogP contribution >= 0.6 is 34.7 Å². The lowest BCUT2D eigenvalue weighted by Crippen LogP contribution is -2.30. The van der Waals surface area contributed by atoms with Crippen LogP contribution in [0.15, 0.2) is 83.6 Å². The van der Waals surface area contributed by atoms with E-state index in [1.807, 2.05) is 76.7 Å². The molecule has 0 aliphatic heterocycles. The van der Waals surface area contributed by atoms with Gasteiger partial charge in [-0.3, -0.25) is 9.36 Å². The third kappa shape index (κ3) is 4.87. The Morgan fingerprint density at radius 2 is 2.00 bits per heavy atom. The SMILES string of the molecule is O=C(CSc1nncn1-c1cccc(Cl)c1)NC(c1ccccc1)c1cccs1. The van der Waals surface area contributed by atoms with Gasteiger partial charge in [-0.25, -0.2) is 0 Å². The van der Waals surface area contributed by atoms with Crippen molar-refractivity contribution in [3.8, 4) is 5.69 Å². The molecule has 1 N–H and O–H groups in total. The van der Waals surface area contributed by atoms with Crippen molar-refractivity contribution in [1.29, 1.82) is 0 Å². The Morgan fingerprint density at radius 1 is 1.14 bits per heavy atom. The minimum absolute atomic E-state index is 0.0714. The Labute approximate surface area is 181 Å². The summed E-state index contributed by atoms with van der Waals surface area (Å²) in [5.74, 6) is 0.159. The molecule has 5 nitrogen and oxygen atoms in total. The van der Waals surface area contributed by atoms with Gasteiger partial charge < -0.3 is 5.32 Å². The molecule has 0 spiro atoms. The van der Waals surface area contributed by atoms with Gasteiger partial charge in [-0.2, -0.15) is 0 Å². The van der Waals surface area contributed by atoms with Gasteiger partial charge in [0.1, 0.15) is 6.33 Å². The summed E-state index contributed by atoms with van der Waals surface area (Å²) < 4.78 is 1.82. The number of carbonyl (C=O) groups is 1. The summed E-state index contributed by atoms with van der Waals surface area (Å²) in [7, 11) is 0. The highest BCUT2D eigenvalue weighted by Crippen LogP contribution is 2.27. The van der Waals surface area contributed by atoms with Crippen LogP contribution < -0.4 is 5.32 Å². The van der Waals surface area contributed by atoms with Crippen LogP contribution in [-0.2, 0) is 4.79 Å². The van der Waals surface area contributed by atoms with E-state index in [4.69, 9.17) is 11.6 Å². The van der Waals surface area contributed by atoms with Gasteiger partial charge in [0, 0.05) is 9.90 Å². The van der Waals surface area contributed by atoms with E-state index in [1.54, 1.807) is 17.7 Å². The zero-order chi connectivity index (χ0) is 20.1. The largest absolute Gasteiger partial charge is 0.344 e. The monoisotopic (exact) mass is 440 g/mol. The molecule has 0 bridgehead atoms. The molecule has 0 aliphatic carbocycles. The van der Waals surface area contributed by atoms with Crippen molar-refractivity contribution in [1.82, 2.24) is 20.1 Å². The van der Waals surface area contributed by atoms with Gasteiger partial charge in [-0.1, -0.05) is 65.8 Å². The smallest absolute Gasteiger partial charge is 0.231 e. The van der Waals surface area contributed by atoms with E-state index in [-0.39, 0.29) is 17.7 Å². The minimum Gasteiger partial charge on any atom is -0.344 e. The standard InChI is InChI=1S/C21H17ClN4OS2/c22-16-8-4-9-17(12-16)26-14-23-25-21(26)29-13-19(27)24-20(18-10-5-11-28-18)15-6-2-1-3-7-15/h1-12,14,20H,13H2,(H,24,27). The first-order valence-corrected chi connectivity index (χ1v) is 11.1. The van der Waals surface area contributed by atoms with Crippen molar-refractivity contribution in [2.24, 2.45) is 0 Å². The van der Waals surface area contributed by atoms with E-state index in [0.717, 1.165) is 16.1 Å². The van der Waals surface area contributed by atoms with Crippen LogP contribution in [-0.4, -0.2) is 26.4 Å². The maximum atomic E-state index is 12.7. The lowest BCUT2D eigenvalue weighted by atomic mass is 10.1. The zero-order valence-corrected chi connectivity index (χ0v) is 17.6. The Hall–Kier alpha value is -2.61. The molecule has 0 saturated heterocycles. The van der Waals surface area contributed by atoms with Crippen molar-refractivity contribution < 1.29 is 4.79 Å². The molecular formula is C21H17ClN4OS2. The molecule has 2 aromatic heterocycles. The molecule has 8 heteroatoms. The van der Waals surface area contributed by atoms with E-state index in [0.29, 0.717) is 10.2 Å². The number of nitrogens with one attached hydrogen (secondary N) is 1. The van der Waals surface area contributed by atoms with Crippen LogP contribution in [0.3, 0.4) is 0 Å². The molecular weight excluding hydrogens is 424 g/mol. The van der Waals surface area contributed by atoms with Crippen LogP contribution in [0.1, 0.15) is 16.5 Å². The number of thiophene rings is 1. The second kappa shape index (κ2) is 9.26. The van der Waals surface area contributed by atoms with Crippen molar-refractivity contribution in [2.75, 3.05) is 5.75 Å². The average Bonchev–Trinajstić information content (AvgIpc) is 3.43. The third-order valence-corrected chi connectivity index (χ3v) is 6.32. The summed E-state index contributed by atoms with van der Waals surface area (Å²) in [6, 6.07) is 21.2. The number of benzene rings is 2. The molecule has 1 unspecified atom stereocenters. The first-order valence-electron chi connectivity index (χ1n) is 8.87. The Balaban J connectivity index is 1.46. The van der Waals surface area contributed by atoms with Crippen molar-refractivity contribution in [3.63, 3.8) is 0 Å². The van der Waals surface area contributed by atoms with Crippen LogP contribution in [0.2, 0.25) is 5.02 Å². The predicted octanol–water partition coefficient (Wildman–Crippen LogP) is 4.98. The van der Waals surface area contributed by atoms with E-state index < -0.39 is 0 Å². The van der Waals surface area contributed by atoms with E-state index in [2.05, 4.69) is 15.5 Å². The van der Waals surface area contributed by atoms with Crippen molar-refractivity contribution >= 4 is 40.6 Å². The first-order chi connectivity index (χ1) is 14.2. The minimum atomic E-state index is -0.171. The highest BCUT2D eigenvalue weighted by atomic mass is 35.5. The summed E-state index contributed by atoms with van der Waals surface area (Å²) in [5.41, 5.74) is 1.90. The fraction of sp³-hybridized carbons (Fsp3) is 0.0952. The molecule has 4 aromatic rings. The number of halogens is 1. The van der Waals surface area contributed by atoms with Gasteiger partial charge in [0.25, 0.3) is 0 Å². The topological polar surface area (TPSA) is 59.8 Å². The van der Waals surface area contributed by atoms with Crippen molar-refractivity contribution in [2.45, 2.75) is 11.2 Å². The van der Waals surface area contributed by atoms with Crippen LogP contribution in [0, 0.1) is 0 Å². The van der Waals surface area contributed by atoms with Crippen molar-refractivity contribution in [3.05, 3.63) is 93.9 Å². The van der Waals surface area contributed by atoms with E-state index in [1.165, 1.54) is 11.8 Å². The molecule has 4 rings (SSSR count). The third-order valence-electron chi connectivity index (χ3n) is 4.20. The molecule has 1 amide bonds. The highest BCUT2D eigenvalue weighted by molar-refractivity contribution is 7.99. The van der Waals surface area contributed by atoms with Crippen LogP contribution in [0.25, 0.3) is 5.69 Å². The Kier molecular flexibility index (Phi) is 6.29. The number of amides is 1. The molecule has 0 aliphatic rings. The first kappa shape index (κ1) is 19.7. The summed E-state index contributed by atoms with van der Waals surface area (Å²) in [5, 5.41) is 14.5. The van der Waals surface area contributed by atoms with Crippen LogP contribution in [0.5, 0.6) is 0 Å². The number of carbonyl (C=O) groups excluding carboxylic acids is 1. The number of aromatic nitrogens is 3. The summed E-state index contributed by atoms with van der Waals surface area (Å²) in [6.45, 7) is 0. The highest BCUT2D eigenvalue weighted by Gasteiger charge is 2.18. The van der Waals surface area contributed by atoms with E-state index >= 15 is 0 Å². The fourth-order valence-electron chi connectivity index (χ4n) is 2.88. The number of hydrogen-bond acceptors (Lipinski definition) is 5. The molecule has 146 valence electrons. The average molecular weight is 441 g/mol. The Bertz CT molecular complexity index is 1080. The molecule has 2 aromatic carbocycles. The number of thioether (sulfide) groups is 1. The number of hydrogen-bond donors (Lipinski definition) is 1. The zero-order valence-electron chi connectivity index (χ0n) is 15.2. The molecule has 0 fully saturated rings. The van der Waals surface area contributed by atoms with Gasteiger partial charge in [0.2, 0.25) is 5.91 Å². The summed E-state index contributed by atoms with van der Waals surface area (Å²) in [4.78, 5) is 13.8. The second-order valence-corrected chi connectivity index (χ2v) is 8.54. The lowest BCUT2D eigenvalue weighted by Gasteiger charge is -2.18. The lowest BCUT2D eigenvalue weighted by molar-refractivity contribution is -0.119.